The minimum Gasteiger partial charge on any atom is -0.326 e. The summed E-state index contributed by atoms with van der Waals surface area (Å²) in [7, 11) is 0. The van der Waals surface area contributed by atoms with Crippen LogP contribution in [0.2, 0.25) is 0 Å². The highest BCUT2D eigenvalue weighted by Crippen LogP contribution is 2.25. The predicted octanol–water partition coefficient (Wildman–Crippen LogP) is 3.60. The van der Waals surface area contributed by atoms with Gasteiger partial charge in [-0.3, -0.25) is 19.3 Å². The largest absolute Gasteiger partial charge is 0.326 e. The molecule has 0 spiro atoms. The number of ketones is 1. The molecule has 2 N–H and O–H groups in total. The maximum absolute atomic E-state index is 12.7. The molecule has 29 heavy (non-hydrogen) atoms. The molecule has 1 atom stereocenters. The lowest BCUT2D eigenvalue weighted by atomic mass is 9.92. The van der Waals surface area contributed by atoms with Crippen LogP contribution in [0, 0.1) is 11.8 Å². The molecular formula is C22H31N3O4. The number of carbonyl (C=O) groups is 4. The number of urea groups is 1. The maximum atomic E-state index is 12.7. The van der Waals surface area contributed by atoms with E-state index in [1.165, 1.54) is 0 Å². The van der Waals surface area contributed by atoms with Crippen LogP contribution in [0.3, 0.4) is 0 Å². The van der Waals surface area contributed by atoms with Crippen LogP contribution in [0.4, 0.5) is 10.5 Å². The molecule has 1 aliphatic heterocycles. The summed E-state index contributed by atoms with van der Waals surface area (Å²) in [5.41, 5.74) is 0.0123. The normalized spacial score (nSPS) is 19.1. The molecule has 1 aliphatic rings. The first-order valence-corrected chi connectivity index (χ1v) is 10.1. The van der Waals surface area contributed by atoms with Gasteiger partial charge in [0.2, 0.25) is 5.91 Å². The van der Waals surface area contributed by atoms with Crippen LogP contribution in [-0.2, 0) is 9.59 Å². The van der Waals surface area contributed by atoms with Crippen molar-refractivity contribution in [1.29, 1.82) is 0 Å². The quantitative estimate of drug-likeness (QED) is 0.488. The van der Waals surface area contributed by atoms with Crippen molar-refractivity contribution in [2.24, 2.45) is 11.8 Å². The number of Topliss-reactive ketones (excluding diaryl/α,β-unsaturated/α-hetero) is 1. The Kier molecular flexibility index (Phi) is 7.16. The number of amides is 4. The number of anilines is 1. The highest BCUT2D eigenvalue weighted by molar-refractivity contribution is 6.11. The Bertz CT molecular complexity index is 786. The molecule has 0 unspecified atom stereocenters. The summed E-state index contributed by atoms with van der Waals surface area (Å²) in [6, 6.07) is 5.92. The van der Waals surface area contributed by atoms with Crippen molar-refractivity contribution in [3.63, 3.8) is 0 Å². The standard InChI is InChI=1S/C22H31N3O4/c1-14(2)10-11-22(5)20(28)25(21(29)24-22)13-18(26)16-6-8-17(9-7-16)23-19(27)12-15(3)4/h6-9,14-15H,10-13H2,1-5H3,(H,23,27)(H,24,29)/t22-/m0/s1. The molecule has 1 saturated heterocycles. The molecule has 0 aromatic heterocycles. The highest BCUT2D eigenvalue weighted by Gasteiger charge is 2.47. The molecule has 2 rings (SSSR count). The molecule has 7 nitrogen and oxygen atoms in total. The van der Waals surface area contributed by atoms with Gasteiger partial charge in [-0.25, -0.2) is 4.79 Å². The maximum Gasteiger partial charge on any atom is 0.325 e. The molecule has 1 aromatic rings. The smallest absolute Gasteiger partial charge is 0.325 e. The summed E-state index contributed by atoms with van der Waals surface area (Å²) < 4.78 is 0. The van der Waals surface area contributed by atoms with Gasteiger partial charge in [0.25, 0.3) is 5.91 Å². The molecule has 0 radical (unpaired) electrons. The molecule has 158 valence electrons. The Morgan fingerprint density at radius 1 is 1.07 bits per heavy atom. The lowest BCUT2D eigenvalue weighted by Gasteiger charge is -2.22. The van der Waals surface area contributed by atoms with Gasteiger partial charge in [0.05, 0.1) is 6.54 Å². The molecule has 0 aliphatic carbocycles. The summed E-state index contributed by atoms with van der Waals surface area (Å²) in [4.78, 5) is 50.4. The Morgan fingerprint density at radius 2 is 1.69 bits per heavy atom. The number of benzene rings is 1. The average Bonchev–Trinajstić information content (AvgIpc) is 2.83. The average molecular weight is 402 g/mol. The van der Waals surface area contributed by atoms with Gasteiger partial charge in [-0.15, -0.1) is 0 Å². The fourth-order valence-corrected chi connectivity index (χ4v) is 3.19. The SMILES string of the molecule is CC(C)CC[C@]1(C)NC(=O)N(CC(=O)c2ccc(NC(=O)CC(C)C)cc2)C1=O. The van der Waals surface area contributed by atoms with E-state index in [9.17, 15) is 19.2 Å². The second-order valence-electron chi connectivity index (χ2n) is 8.73. The van der Waals surface area contributed by atoms with Crippen molar-refractivity contribution < 1.29 is 19.2 Å². The van der Waals surface area contributed by atoms with E-state index in [4.69, 9.17) is 0 Å². The molecule has 1 heterocycles. The third-order valence-corrected chi connectivity index (χ3v) is 4.95. The first-order chi connectivity index (χ1) is 13.5. The molecular weight excluding hydrogens is 370 g/mol. The Labute approximate surface area is 172 Å². The Balaban J connectivity index is 2.00. The van der Waals surface area contributed by atoms with Gasteiger partial charge in [0.15, 0.2) is 5.78 Å². The number of nitrogens with one attached hydrogen (secondary N) is 2. The van der Waals surface area contributed by atoms with E-state index in [1.54, 1.807) is 31.2 Å². The van der Waals surface area contributed by atoms with Crippen LogP contribution >= 0.6 is 0 Å². The van der Waals surface area contributed by atoms with Gasteiger partial charge in [-0.1, -0.05) is 27.7 Å². The monoisotopic (exact) mass is 401 g/mol. The van der Waals surface area contributed by atoms with Crippen molar-refractivity contribution in [3.05, 3.63) is 29.8 Å². The van der Waals surface area contributed by atoms with Crippen LogP contribution in [0.15, 0.2) is 24.3 Å². The van der Waals surface area contributed by atoms with Crippen LogP contribution in [0.25, 0.3) is 0 Å². The number of rotatable bonds is 9. The minimum absolute atomic E-state index is 0.0842. The lowest BCUT2D eigenvalue weighted by Crippen LogP contribution is -2.44. The second kappa shape index (κ2) is 9.20. The van der Waals surface area contributed by atoms with Crippen molar-refractivity contribution in [2.75, 3.05) is 11.9 Å². The Hall–Kier alpha value is -2.70. The van der Waals surface area contributed by atoms with Crippen molar-refractivity contribution in [3.8, 4) is 0 Å². The van der Waals surface area contributed by atoms with Gasteiger partial charge in [0.1, 0.15) is 5.54 Å². The van der Waals surface area contributed by atoms with Crippen LogP contribution in [0.5, 0.6) is 0 Å². The van der Waals surface area contributed by atoms with Crippen LogP contribution in [-0.4, -0.2) is 40.6 Å². The van der Waals surface area contributed by atoms with E-state index in [0.717, 1.165) is 11.3 Å². The third-order valence-electron chi connectivity index (χ3n) is 4.95. The zero-order chi connectivity index (χ0) is 21.8. The Morgan fingerprint density at radius 3 is 2.24 bits per heavy atom. The van der Waals surface area contributed by atoms with Crippen molar-refractivity contribution in [2.45, 2.75) is 59.4 Å². The van der Waals surface area contributed by atoms with Crippen molar-refractivity contribution in [1.82, 2.24) is 10.2 Å². The number of carbonyl (C=O) groups excluding carboxylic acids is 4. The van der Waals surface area contributed by atoms with E-state index >= 15 is 0 Å². The van der Waals surface area contributed by atoms with Crippen molar-refractivity contribution >= 4 is 29.3 Å². The minimum atomic E-state index is -0.966. The molecule has 0 saturated carbocycles. The molecule has 7 heteroatoms. The number of nitrogens with zero attached hydrogens (tertiary/aromatic N) is 1. The second-order valence-corrected chi connectivity index (χ2v) is 8.73. The number of hydrogen-bond donors (Lipinski definition) is 2. The van der Waals surface area contributed by atoms with Gasteiger partial charge in [0, 0.05) is 17.7 Å². The fourth-order valence-electron chi connectivity index (χ4n) is 3.19. The lowest BCUT2D eigenvalue weighted by molar-refractivity contribution is -0.130. The molecule has 1 fully saturated rings. The third kappa shape index (κ3) is 5.89. The van der Waals surface area contributed by atoms with Gasteiger partial charge in [-0.05, 0) is 55.9 Å². The van der Waals surface area contributed by atoms with Gasteiger partial charge < -0.3 is 10.6 Å². The van der Waals surface area contributed by atoms with E-state index in [1.807, 2.05) is 13.8 Å². The summed E-state index contributed by atoms with van der Waals surface area (Å²) in [5.74, 6) is -0.118. The predicted molar refractivity (Wildman–Crippen MR) is 112 cm³/mol. The first kappa shape index (κ1) is 22.6. The summed E-state index contributed by atoms with van der Waals surface area (Å²) in [6.07, 6.45) is 1.75. The topological polar surface area (TPSA) is 95.6 Å². The van der Waals surface area contributed by atoms with E-state index < -0.39 is 11.6 Å². The molecule has 1 aromatic carbocycles. The summed E-state index contributed by atoms with van der Waals surface area (Å²) >= 11 is 0. The first-order valence-electron chi connectivity index (χ1n) is 10.1. The zero-order valence-electron chi connectivity index (χ0n) is 17.9. The fraction of sp³-hybridized carbons (Fsp3) is 0.545. The summed E-state index contributed by atoms with van der Waals surface area (Å²) in [5, 5.41) is 5.51. The van der Waals surface area contributed by atoms with Gasteiger partial charge in [-0.2, -0.15) is 0 Å². The molecule has 0 bridgehead atoms. The number of hydrogen-bond acceptors (Lipinski definition) is 4. The summed E-state index contributed by atoms with van der Waals surface area (Å²) in [6.45, 7) is 9.44. The van der Waals surface area contributed by atoms with Crippen LogP contribution < -0.4 is 10.6 Å². The molecule has 4 amide bonds. The van der Waals surface area contributed by atoms with Gasteiger partial charge >= 0.3 is 6.03 Å². The van der Waals surface area contributed by atoms with E-state index in [2.05, 4.69) is 24.5 Å². The zero-order valence-corrected chi connectivity index (χ0v) is 17.9. The van der Waals surface area contributed by atoms with E-state index in [0.29, 0.717) is 30.0 Å². The number of imide groups is 1. The van der Waals surface area contributed by atoms with Crippen LogP contribution in [0.1, 0.15) is 64.2 Å². The highest BCUT2D eigenvalue weighted by atomic mass is 16.2. The van der Waals surface area contributed by atoms with E-state index in [-0.39, 0.29) is 30.1 Å².